The van der Waals surface area contributed by atoms with Gasteiger partial charge in [-0.2, -0.15) is 0 Å². The van der Waals surface area contributed by atoms with E-state index in [-0.39, 0.29) is 35.3 Å². The highest BCUT2D eigenvalue weighted by atomic mass is 31.2. The smallest absolute Gasteiger partial charge is 0.388 e. The van der Waals surface area contributed by atoms with Crippen LogP contribution in [0, 0.1) is 11.3 Å². The van der Waals surface area contributed by atoms with Gasteiger partial charge in [0.2, 0.25) is 11.8 Å². The molecule has 1 aliphatic heterocycles. The van der Waals surface area contributed by atoms with Gasteiger partial charge in [0.05, 0.1) is 24.8 Å². The summed E-state index contributed by atoms with van der Waals surface area (Å²) in [7, 11) is -9.44. The number of benzene rings is 2. The van der Waals surface area contributed by atoms with Gasteiger partial charge in [-0.25, -0.2) is 4.57 Å². The number of amides is 3. The van der Waals surface area contributed by atoms with Crippen LogP contribution in [0.25, 0.3) is 0 Å². The average Bonchev–Trinajstić information content (AvgIpc) is 3.11. The Balaban J connectivity index is 1.87. The van der Waals surface area contributed by atoms with Gasteiger partial charge >= 0.3 is 15.2 Å². The van der Waals surface area contributed by atoms with Crippen molar-refractivity contribution >= 4 is 32.9 Å². The normalized spacial score (nSPS) is 17.0. The van der Waals surface area contributed by atoms with Gasteiger partial charge in [0.1, 0.15) is 23.3 Å². The Hall–Kier alpha value is -3.41. The highest BCUT2D eigenvalue weighted by Crippen LogP contribution is 2.55. The van der Waals surface area contributed by atoms with Crippen LogP contribution in [0.3, 0.4) is 0 Å². The zero-order chi connectivity index (χ0) is 34.4. The summed E-state index contributed by atoms with van der Waals surface area (Å²) < 4.78 is 39.9. The summed E-state index contributed by atoms with van der Waals surface area (Å²) >= 11 is 0. The molecule has 2 aromatic carbocycles. The molecule has 1 heterocycles. The number of hydrogen-bond acceptors (Lipinski definition) is 8. The number of nitrogens with two attached hydrogens (primary N) is 1. The minimum absolute atomic E-state index is 0.0256. The summed E-state index contributed by atoms with van der Waals surface area (Å²) in [5.74, 6) is -2.10. The van der Waals surface area contributed by atoms with Crippen molar-refractivity contribution in [2.45, 2.75) is 66.0 Å². The number of fused-ring (bicyclic) bond motifs is 1. The largest absolute Gasteiger partial charge is 0.493 e. The number of ether oxygens (including phenoxy) is 2. The van der Waals surface area contributed by atoms with Crippen LogP contribution in [0.2, 0.25) is 0 Å². The van der Waals surface area contributed by atoms with Gasteiger partial charge in [0.25, 0.3) is 5.91 Å². The topological polar surface area (TPSA) is 224 Å². The summed E-state index contributed by atoms with van der Waals surface area (Å²) in [4.78, 5) is 67.0. The van der Waals surface area contributed by atoms with Gasteiger partial charge in [0.15, 0.2) is 5.90 Å². The Morgan fingerprint density at radius 3 is 2.30 bits per heavy atom. The minimum atomic E-state index is -4.81. The molecule has 2 aromatic rings. The molecule has 1 aliphatic rings. The molecule has 3 rings (SSSR count). The number of primary amides is 1. The molecule has 0 radical (unpaired) electrons. The number of carbonyl (C=O) groups is 3. The maximum atomic E-state index is 13.8. The molecular weight excluding hydrogens is 640 g/mol. The predicted octanol–water partition coefficient (Wildman–Crippen LogP) is 3.62. The van der Waals surface area contributed by atoms with Crippen molar-refractivity contribution in [1.82, 2.24) is 10.6 Å². The molecule has 7 N–H and O–H groups in total. The van der Waals surface area contributed by atoms with Crippen molar-refractivity contribution in [3.63, 3.8) is 0 Å². The first kappa shape index (κ1) is 37.1. The van der Waals surface area contributed by atoms with Crippen molar-refractivity contribution in [3.8, 4) is 17.2 Å². The predicted molar refractivity (Wildman–Crippen MR) is 170 cm³/mol. The number of nitrogens with one attached hydrogen (secondary N) is 2. The molecule has 0 aromatic heterocycles. The molecule has 0 aliphatic carbocycles. The van der Waals surface area contributed by atoms with Crippen molar-refractivity contribution in [1.29, 1.82) is 0 Å². The van der Waals surface area contributed by atoms with Crippen LogP contribution in [0.1, 0.15) is 75.0 Å². The third-order valence-electron chi connectivity index (χ3n) is 6.81. The van der Waals surface area contributed by atoms with Crippen LogP contribution in [0.15, 0.2) is 36.4 Å². The standard InChI is InChI=1S/C30H43N3O11P2/c1-18(2)16-43-26-15-25-21(14-22(26)27(31)34)23(7-6-12-42-25)32-28(35)24(33-29(36)30(3,4)5)13-19-8-10-20(11-9-19)44-46(40,41)17-45(37,38)39/h8-11,14-15,18,23-24H,6-7,12-13,16-17H2,1-5H3,(H2,31,34)(H,32,35)(H,33,36)(H,40,41)(H2,37,38,39)/t23-,24-/m0/s1. The van der Waals surface area contributed by atoms with Crippen LogP contribution in [0.4, 0.5) is 0 Å². The second kappa shape index (κ2) is 15.0. The summed E-state index contributed by atoms with van der Waals surface area (Å²) in [5, 5.41) is 5.80. The molecule has 16 heteroatoms. The first-order valence-electron chi connectivity index (χ1n) is 14.7. The molecule has 0 spiro atoms. The van der Waals surface area contributed by atoms with E-state index >= 15 is 0 Å². The lowest BCUT2D eigenvalue weighted by Gasteiger charge is -2.27. The maximum Gasteiger partial charge on any atom is 0.388 e. The molecule has 0 fully saturated rings. The highest BCUT2D eigenvalue weighted by Gasteiger charge is 2.33. The van der Waals surface area contributed by atoms with Gasteiger partial charge in [0, 0.05) is 23.5 Å². The van der Waals surface area contributed by atoms with E-state index in [0.29, 0.717) is 42.9 Å². The molecule has 46 heavy (non-hydrogen) atoms. The van der Waals surface area contributed by atoms with Gasteiger partial charge < -0.3 is 45.0 Å². The Morgan fingerprint density at radius 2 is 1.74 bits per heavy atom. The van der Waals surface area contributed by atoms with Crippen LogP contribution in [0.5, 0.6) is 17.2 Å². The van der Waals surface area contributed by atoms with Crippen molar-refractivity contribution in [3.05, 3.63) is 53.1 Å². The first-order valence-corrected chi connectivity index (χ1v) is 18.3. The monoisotopic (exact) mass is 683 g/mol. The van der Waals surface area contributed by atoms with Crippen LogP contribution in [-0.2, 0) is 25.1 Å². The molecule has 14 nitrogen and oxygen atoms in total. The Labute approximate surface area is 268 Å². The number of hydrogen-bond donors (Lipinski definition) is 6. The second-order valence-electron chi connectivity index (χ2n) is 12.7. The fourth-order valence-corrected chi connectivity index (χ4v) is 7.07. The zero-order valence-electron chi connectivity index (χ0n) is 26.5. The Kier molecular flexibility index (Phi) is 12.1. The molecule has 3 amide bonds. The Bertz CT molecular complexity index is 1520. The van der Waals surface area contributed by atoms with E-state index in [0.717, 1.165) is 0 Å². The molecule has 1 unspecified atom stereocenters. The van der Waals surface area contributed by atoms with E-state index in [9.17, 15) is 28.4 Å². The lowest BCUT2D eigenvalue weighted by atomic mass is 9.94. The molecule has 0 bridgehead atoms. The maximum absolute atomic E-state index is 13.8. The Morgan fingerprint density at radius 1 is 1.09 bits per heavy atom. The minimum Gasteiger partial charge on any atom is -0.493 e. The average molecular weight is 684 g/mol. The van der Waals surface area contributed by atoms with E-state index in [1.165, 1.54) is 24.3 Å². The van der Waals surface area contributed by atoms with Crippen molar-refractivity contribution < 1.29 is 52.2 Å². The van der Waals surface area contributed by atoms with Gasteiger partial charge in [-0.05, 0) is 42.5 Å². The number of rotatable bonds is 13. The van der Waals surface area contributed by atoms with E-state index in [2.05, 4.69) is 10.6 Å². The lowest BCUT2D eigenvalue weighted by Crippen LogP contribution is -2.51. The molecule has 0 saturated heterocycles. The van der Waals surface area contributed by atoms with Crippen molar-refractivity contribution in [2.75, 3.05) is 19.1 Å². The van der Waals surface area contributed by atoms with Crippen molar-refractivity contribution in [2.24, 2.45) is 17.1 Å². The summed E-state index contributed by atoms with van der Waals surface area (Å²) in [6, 6.07) is 7.19. The second-order valence-corrected chi connectivity index (χ2v) is 16.6. The molecular formula is C30H43N3O11P2. The first-order chi connectivity index (χ1) is 21.2. The van der Waals surface area contributed by atoms with Crippen LogP contribution in [-0.4, -0.2) is 57.6 Å². The number of carbonyl (C=O) groups excluding carboxylic acids is 3. The molecule has 254 valence electrons. The summed E-state index contributed by atoms with van der Waals surface area (Å²) in [6.07, 6.45) is 1.09. The zero-order valence-corrected chi connectivity index (χ0v) is 28.3. The van der Waals surface area contributed by atoms with E-state index < -0.39 is 50.4 Å². The van der Waals surface area contributed by atoms with Gasteiger partial charge in [-0.3, -0.25) is 18.9 Å². The third kappa shape index (κ3) is 11.1. The summed E-state index contributed by atoms with van der Waals surface area (Å²) in [5.41, 5.74) is 6.10. The van der Waals surface area contributed by atoms with Crippen LogP contribution >= 0.6 is 15.2 Å². The third-order valence-corrected chi connectivity index (χ3v) is 10.2. The van der Waals surface area contributed by atoms with E-state index in [4.69, 9.17) is 29.5 Å². The molecule has 0 saturated carbocycles. The highest BCUT2D eigenvalue weighted by molar-refractivity contribution is 7.70. The van der Waals surface area contributed by atoms with E-state index in [1.807, 2.05) is 13.8 Å². The van der Waals surface area contributed by atoms with E-state index in [1.54, 1.807) is 32.9 Å². The van der Waals surface area contributed by atoms with Gasteiger partial charge in [-0.1, -0.05) is 46.8 Å². The quantitative estimate of drug-likeness (QED) is 0.167. The SMILES string of the molecule is CC(C)COc1cc2c(cc1C(N)=O)[C@@H](NC(=O)[C@H](Cc1ccc(OP(=O)(O)CP(=O)(O)O)cc1)NC(=O)C(C)(C)C)CCCO2. The summed E-state index contributed by atoms with van der Waals surface area (Å²) in [6.45, 7) is 9.78. The fourth-order valence-electron chi connectivity index (χ4n) is 4.52. The lowest BCUT2D eigenvalue weighted by molar-refractivity contribution is -0.133. The molecule has 3 atom stereocenters. The fraction of sp³-hybridized carbons (Fsp3) is 0.500. The van der Waals surface area contributed by atoms with Crippen LogP contribution < -0.4 is 30.4 Å². The van der Waals surface area contributed by atoms with Gasteiger partial charge in [-0.15, -0.1) is 0 Å².